The maximum atomic E-state index is 13.2. The van der Waals surface area contributed by atoms with Crippen molar-refractivity contribution < 1.29 is 9.59 Å². The summed E-state index contributed by atoms with van der Waals surface area (Å²) >= 11 is 1.71. The van der Waals surface area contributed by atoms with Crippen LogP contribution in [0.3, 0.4) is 0 Å². The number of likely N-dealkylation sites (tertiary alicyclic amines) is 1. The molecule has 1 aliphatic heterocycles. The maximum absolute atomic E-state index is 13.2. The minimum Gasteiger partial charge on any atom is -0.353 e. The summed E-state index contributed by atoms with van der Waals surface area (Å²) in [6, 6.07) is 12.6. The molecule has 4 rings (SSSR count). The van der Waals surface area contributed by atoms with E-state index in [0.717, 1.165) is 5.56 Å². The summed E-state index contributed by atoms with van der Waals surface area (Å²) in [6.07, 6.45) is 4.18. The third kappa shape index (κ3) is 4.85. The van der Waals surface area contributed by atoms with Crippen molar-refractivity contribution in [2.24, 2.45) is 5.41 Å². The fourth-order valence-corrected chi connectivity index (χ4v) is 4.82. The molecule has 1 atom stereocenters. The van der Waals surface area contributed by atoms with Gasteiger partial charge in [-0.1, -0.05) is 30.3 Å². The zero-order valence-corrected chi connectivity index (χ0v) is 18.6. The van der Waals surface area contributed by atoms with Gasteiger partial charge in [0.1, 0.15) is 19.2 Å². The van der Waals surface area contributed by atoms with Crippen LogP contribution in [0, 0.1) is 5.41 Å². The Hall–Kier alpha value is -3.00. The van der Waals surface area contributed by atoms with Gasteiger partial charge in [0, 0.05) is 24.0 Å². The molecule has 3 heterocycles. The molecule has 7 nitrogen and oxygen atoms in total. The van der Waals surface area contributed by atoms with Crippen molar-refractivity contribution in [3.63, 3.8) is 0 Å². The maximum Gasteiger partial charge on any atom is 0.244 e. The van der Waals surface area contributed by atoms with Crippen LogP contribution in [0.1, 0.15) is 25.8 Å². The van der Waals surface area contributed by atoms with Gasteiger partial charge in [0.05, 0.1) is 5.41 Å². The molecule has 0 radical (unpaired) electrons. The van der Waals surface area contributed by atoms with E-state index in [0.29, 0.717) is 25.9 Å². The van der Waals surface area contributed by atoms with E-state index in [1.54, 1.807) is 16.2 Å². The lowest BCUT2D eigenvalue weighted by Crippen LogP contribution is -2.47. The molecule has 0 saturated carbocycles. The second kappa shape index (κ2) is 9.01. The van der Waals surface area contributed by atoms with Crippen molar-refractivity contribution in [3.8, 4) is 10.4 Å². The molecule has 0 bridgehead atoms. The summed E-state index contributed by atoms with van der Waals surface area (Å²) < 4.78 is 1.51. The Morgan fingerprint density at radius 3 is 2.68 bits per heavy atom. The highest BCUT2D eigenvalue weighted by Crippen LogP contribution is 2.36. The van der Waals surface area contributed by atoms with Gasteiger partial charge >= 0.3 is 0 Å². The SMILES string of the molecule is CC(C)NC(=O)C1(Cc2ccc(-c3cccs3)cc2)CCN(C(=O)Cn2cncn2)C1. The number of rotatable bonds is 7. The largest absolute Gasteiger partial charge is 0.353 e. The molecule has 1 aliphatic rings. The Balaban J connectivity index is 1.51. The molecule has 2 amide bonds. The van der Waals surface area contributed by atoms with Crippen LogP contribution in [0.15, 0.2) is 54.4 Å². The molecule has 1 fully saturated rings. The second-order valence-corrected chi connectivity index (χ2v) is 9.37. The molecule has 0 aliphatic carbocycles. The van der Waals surface area contributed by atoms with E-state index < -0.39 is 5.41 Å². The summed E-state index contributed by atoms with van der Waals surface area (Å²) in [5.41, 5.74) is 1.65. The smallest absolute Gasteiger partial charge is 0.244 e. The highest BCUT2D eigenvalue weighted by molar-refractivity contribution is 7.13. The van der Waals surface area contributed by atoms with E-state index in [1.807, 2.05) is 19.9 Å². The average molecular weight is 438 g/mol. The van der Waals surface area contributed by atoms with Gasteiger partial charge in [-0.2, -0.15) is 5.10 Å². The Kier molecular flexibility index (Phi) is 6.18. The average Bonchev–Trinajstić information content (AvgIpc) is 3.51. The van der Waals surface area contributed by atoms with Crippen molar-refractivity contribution in [2.75, 3.05) is 13.1 Å². The van der Waals surface area contributed by atoms with E-state index in [-0.39, 0.29) is 24.4 Å². The van der Waals surface area contributed by atoms with Crippen LogP contribution in [-0.2, 0) is 22.6 Å². The van der Waals surface area contributed by atoms with Crippen molar-refractivity contribution in [1.29, 1.82) is 0 Å². The Morgan fingerprint density at radius 1 is 1.23 bits per heavy atom. The van der Waals surface area contributed by atoms with Gasteiger partial charge in [0.2, 0.25) is 11.8 Å². The van der Waals surface area contributed by atoms with Crippen LogP contribution < -0.4 is 5.32 Å². The van der Waals surface area contributed by atoms with Gasteiger partial charge in [0.25, 0.3) is 0 Å². The van der Waals surface area contributed by atoms with Gasteiger partial charge in [-0.05, 0) is 49.3 Å². The third-order valence-electron chi connectivity index (χ3n) is 5.67. The lowest BCUT2D eigenvalue weighted by atomic mass is 9.79. The number of hydrogen-bond donors (Lipinski definition) is 1. The normalized spacial score (nSPS) is 18.5. The molecular weight excluding hydrogens is 410 g/mol. The number of aromatic nitrogens is 3. The van der Waals surface area contributed by atoms with Crippen LogP contribution >= 0.6 is 11.3 Å². The van der Waals surface area contributed by atoms with E-state index in [9.17, 15) is 9.59 Å². The summed E-state index contributed by atoms with van der Waals surface area (Å²) in [7, 11) is 0. The number of amides is 2. The molecule has 2 aromatic heterocycles. The third-order valence-corrected chi connectivity index (χ3v) is 6.59. The molecule has 1 saturated heterocycles. The molecule has 8 heteroatoms. The van der Waals surface area contributed by atoms with Crippen molar-refractivity contribution >= 4 is 23.2 Å². The first-order valence-corrected chi connectivity index (χ1v) is 11.4. The fourth-order valence-electron chi connectivity index (χ4n) is 4.08. The number of nitrogens with zero attached hydrogens (tertiary/aromatic N) is 4. The highest BCUT2D eigenvalue weighted by Gasteiger charge is 2.46. The molecule has 0 spiro atoms. The topological polar surface area (TPSA) is 80.1 Å². The lowest BCUT2D eigenvalue weighted by molar-refractivity contribution is -0.134. The molecule has 31 heavy (non-hydrogen) atoms. The first kappa shape index (κ1) is 21.2. The Labute approximate surface area is 186 Å². The van der Waals surface area contributed by atoms with E-state index in [2.05, 4.69) is 51.1 Å². The van der Waals surface area contributed by atoms with Crippen LogP contribution in [-0.4, -0.2) is 50.6 Å². The van der Waals surface area contributed by atoms with E-state index >= 15 is 0 Å². The second-order valence-electron chi connectivity index (χ2n) is 8.42. The minimum atomic E-state index is -0.632. The first-order valence-electron chi connectivity index (χ1n) is 10.5. The predicted molar refractivity (Wildman–Crippen MR) is 120 cm³/mol. The van der Waals surface area contributed by atoms with Crippen molar-refractivity contribution in [2.45, 2.75) is 39.3 Å². The lowest BCUT2D eigenvalue weighted by Gasteiger charge is -2.29. The van der Waals surface area contributed by atoms with Gasteiger partial charge in [0.15, 0.2) is 0 Å². The van der Waals surface area contributed by atoms with Gasteiger partial charge in [-0.3, -0.25) is 9.59 Å². The molecule has 1 N–H and O–H groups in total. The number of benzene rings is 1. The number of thiophene rings is 1. The standard InChI is InChI=1S/C23H27N5O2S/c1-17(2)26-22(30)23(9-10-27(14-23)21(29)13-28-16-24-15-25-28)12-18-5-7-19(8-6-18)20-4-3-11-31-20/h3-8,11,15-17H,9-10,12-14H2,1-2H3,(H,26,30). The number of hydrogen-bond acceptors (Lipinski definition) is 5. The van der Waals surface area contributed by atoms with Gasteiger partial charge in [-0.25, -0.2) is 9.67 Å². The number of carbonyl (C=O) groups excluding carboxylic acids is 2. The quantitative estimate of drug-likeness (QED) is 0.616. The summed E-state index contributed by atoms with van der Waals surface area (Å²) in [4.78, 5) is 32.9. The molecule has 1 aromatic carbocycles. The number of carbonyl (C=O) groups is 2. The summed E-state index contributed by atoms with van der Waals surface area (Å²) in [5.74, 6) is -0.0290. The monoisotopic (exact) mass is 437 g/mol. The van der Waals surface area contributed by atoms with Crippen molar-refractivity contribution in [1.82, 2.24) is 25.0 Å². The molecule has 162 valence electrons. The Morgan fingerprint density at radius 2 is 2.03 bits per heavy atom. The van der Waals surface area contributed by atoms with Crippen molar-refractivity contribution in [3.05, 3.63) is 60.0 Å². The summed E-state index contributed by atoms with van der Waals surface area (Å²) in [6.45, 7) is 5.03. The van der Waals surface area contributed by atoms with Crippen LogP contribution in [0.4, 0.5) is 0 Å². The molecule has 1 unspecified atom stereocenters. The fraction of sp³-hybridized carbons (Fsp3) is 0.391. The zero-order chi connectivity index (χ0) is 21.8. The van der Waals surface area contributed by atoms with E-state index in [4.69, 9.17) is 0 Å². The summed E-state index contributed by atoms with van der Waals surface area (Å²) in [5, 5.41) is 9.16. The first-order chi connectivity index (χ1) is 14.9. The van der Waals surface area contributed by atoms with E-state index in [1.165, 1.54) is 27.8 Å². The van der Waals surface area contributed by atoms with Crippen LogP contribution in [0.25, 0.3) is 10.4 Å². The number of nitrogens with one attached hydrogen (secondary N) is 1. The van der Waals surface area contributed by atoms with Gasteiger partial charge < -0.3 is 10.2 Å². The Bertz CT molecular complexity index is 1010. The molecule has 3 aromatic rings. The van der Waals surface area contributed by atoms with Crippen LogP contribution in [0.2, 0.25) is 0 Å². The molecular formula is C23H27N5O2S. The minimum absolute atomic E-state index is 0.0147. The van der Waals surface area contributed by atoms with Crippen LogP contribution in [0.5, 0.6) is 0 Å². The predicted octanol–water partition coefficient (Wildman–Crippen LogP) is 2.99. The van der Waals surface area contributed by atoms with Gasteiger partial charge in [-0.15, -0.1) is 11.3 Å². The zero-order valence-electron chi connectivity index (χ0n) is 17.8. The highest BCUT2D eigenvalue weighted by atomic mass is 32.1.